The first-order valence-corrected chi connectivity index (χ1v) is 9.21. The number of primary sulfonamides is 1. The van der Waals surface area contributed by atoms with Crippen LogP contribution in [0.1, 0.15) is 36.5 Å². The maximum atomic E-state index is 12.1. The van der Waals surface area contributed by atoms with E-state index in [2.05, 4.69) is 28.2 Å². The number of nitrogens with two attached hydrogens (primary N) is 1. The molecule has 1 fully saturated rings. The third-order valence-corrected chi connectivity index (χ3v) is 5.17. The van der Waals surface area contributed by atoms with Gasteiger partial charge in [0, 0.05) is 16.6 Å². The fraction of sp³-hybridized carbons (Fsp3) is 0.500. The van der Waals surface area contributed by atoms with Crippen molar-refractivity contribution in [3.05, 3.63) is 28.2 Å². The topological polar surface area (TPSA) is 89.3 Å². The summed E-state index contributed by atoms with van der Waals surface area (Å²) in [5.74, 6) is 0.946. The van der Waals surface area contributed by atoms with Crippen molar-refractivity contribution in [2.75, 3.05) is 6.54 Å². The number of hydrogen-bond donors (Lipinski definition) is 2. The first kappa shape index (κ1) is 16.5. The van der Waals surface area contributed by atoms with E-state index in [9.17, 15) is 13.2 Å². The summed E-state index contributed by atoms with van der Waals surface area (Å²) in [6, 6.07) is 4.26. The van der Waals surface area contributed by atoms with Crippen LogP contribution in [0.5, 0.6) is 0 Å². The molecule has 1 aromatic carbocycles. The van der Waals surface area contributed by atoms with Crippen molar-refractivity contribution in [3.8, 4) is 0 Å². The van der Waals surface area contributed by atoms with Gasteiger partial charge in [0.1, 0.15) is 0 Å². The quantitative estimate of drug-likeness (QED) is 0.846. The molecule has 2 rings (SSSR count). The molecule has 3 N–H and O–H groups in total. The zero-order valence-corrected chi connectivity index (χ0v) is 14.2. The van der Waals surface area contributed by atoms with E-state index in [0.29, 0.717) is 28.4 Å². The molecule has 1 amide bonds. The van der Waals surface area contributed by atoms with Crippen molar-refractivity contribution < 1.29 is 13.2 Å². The number of carbonyl (C=O) groups excluding carboxylic acids is 1. The Bertz CT molecular complexity index is 646. The number of rotatable bonds is 4. The van der Waals surface area contributed by atoms with Crippen molar-refractivity contribution in [2.45, 2.75) is 31.1 Å². The van der Waals surface area contributed by atoms with Gasteiger partial charge in [-0.1, -0.05) is 29.3 Å². The van der Waals surface area contributed by atoms with Crippen LogP contribution in [0.25, 0.3) is 0 Å². The summed E-state index contributed by atoms with van der Waals surface area (Å²) in [7, 11) is -3.83. The summed E-state index contributed by atoms with van der Waals surface area (Å²) >= 11 is 3.20. The van der Waals surface area contributed by atoms with Gasteiger partial charge in [0.25, 0.3) is 5.91 Å². The van der Waals surface area contributed by atoms with Gasteiger partial charge in [-0.2, -0.15) is 0 Å². The van der Waals surface area contributed by atoms with E-state index < -0.39 is 10.0 Å². The van der Waals surface area contributed by atoms with Crippen LogP contribution in [0.3, 0.4) is 0 Å². The largest absolute Gasteiger partial charge is 0.352 e. The standard InChI is InChI=1S/C14H19BrN2O3S/c1-9-2-3-10(4-9)8-17-14(18)11-5-12(15)7-13(6-11)21(16,19)20/h5-7,9-10H,2-4,8H2,1H3,(H,17,18)(H2,16,19,20). The number of carbonyl (C=O) groups is 1. The maximum absolute atomic E-state index is 12.1. The van der Waals surface area contributed by atoms with Crippen LogP contribution in [0.2, 0.25) is 0 Å². The number of amides is 1. The molecule has 7 heteroatoms. The molecule has 1 aromatic rings. The predicted molar refractivity (Wildman–Crippen MR) is 84.4 cm³/mol. The van der Waals surface area contributed by atoms with E-state index in [4.69, 9.17) is 5.14 Å². The van der Waals surface area contributed by atoms with Gasteiger partial charge in [-0.15, -0.1) is 0 Å². The average molecular weight is 375 g/mol. The smallest absolute Gasteiger partial charge is 0.251 e. The van der Waals surface area contributed by atoms with Gasteiger partial charge in [-0.05, 0) is 42.9 Å². The van der Waals surface area contributed by atoms with E-state index in [1.165, 1.54) is 18.6 Å². The van der Waals surface area contributed by atoms with E-state index in [0.717, 1.165) is 12.8 Å². The number of benzene rings is 1. The minimum atomic E-state index is -3.83. The molecule has 1 saturated carbocycles. The Morgan fingerprint density at radius 1 is 1.38 bits per heavy atom. The molecular weight excluding hydrogens is 356 g/mol. The van der Waals surface area contributed by atoms with Gasteiger partial charge < -0.3 is 5.32 Å². The second kappa shape index (κ2) is 6.46. The highest BCUT2D eigenvalue weighted by Crippen LogP contribution is 2.29. The number of nitrogens with one attached hydrogen (secondary N) is 1. The SMILES string of the molecule is CC1CCC(CNC(=O)c2cc(Br)cc(S(N)(=O)=O)c2)C1. The number of halogens is 1. The van der Waals surface area contributed by atoms with Gasteiger partial charge in [0.05, 0.1) is 4.90 Å². The van der Waals surface area contributed by atoms with Crippen molar-refractivity contribution in [3.63, 3.8) is 0 Å². The highest BCUT2D eigenvalue weighted by Gasteiger charge is 2.22. The minimum absolute atomic E-state index is 0.0727. The molecule has 1 aliphatic rings. The Kier molecular flexibility index (Phi) is 5.06. The second-order valence-electron chi connectivity index (χ2n) is 5.71. The Morgan fingerprint density at radius 2 is 2.10 bits per heavy atom. The van der Waals surface area contributed by atoms with Crippen LogP contribution >= 0.6 is 15.9 Å². The molecule has 0 saturated heterocycles. The predicted octanol–water partition coefficient (Wildman–Crippen LogP) is 2.26. The molecule has 21 heavy (non-hydrogen) atoms. The summed E-state index contributed by atoms with van der Waals surface area (Å²) in [5, 5.41) is 7.98. The zero-order valence-electron chi connectivity index (χ0n) is 11.8. The van der Waals surface area contributed by atoms with Crippen molar-refractivity contribution in [1.29, 1.82) is 0 Å². The Balaban J connectivity index is 2.07. The first-order chi connectivity index (χ1) is 9.75. The molecule has 2 unspecified atom stereocenters. The number of sulfonamides is 1. The summed E-state index contributed by atoms with van der Waals surface area (Å²) in [6.07, 6.45) is 3.45. The van der Waals surface area contributed by atoms with Gasteiger partial charge in [0.15, 0.2) is 0 Å². The lowest BCUT2D eigenvalue weighted by Gasteiger charge is -2.12. The normalized spacial score (nSPS) is 22.2. The molecule has 0 radical (unpaired) electrons. The summed E-state index contributed by atoms with van der Waals surface area (Å²) < 4.78 is 23.3. The van der Waals surface area contributed by atoms with Crippen LogP contribution in [0.4, 0.5) is 0 Å². The third-order valence-electron chi connectivity index (χ3n) is 3.82. The molecular formula is C14H19BrN2O3S. The summed E-state index contributed by atoms with van der Waals surface area (Å²) in [5.41, 5.74) is 0.291. The van der Waals surface area contributed by atoms with Gasteiger partial charge >= 0.3 is 0 Å². The van der Waals surface area contributed by atoms with Crippen molar-refractivity contribution in [1.82, 2.24) is 5.32 Å². The molecule has 0 bridgehead atoms. The van der Waals surface area contributed by atoms with Gasteiger partial charge in [0.2, 0.25) is 10.0 Å². The van der Waals surface area contributed by atoms with Crippen molar-refractivity contribution in [2.24, 2.45) is 17.0 Å². The van der Waals surface area contributed by atoms with Crippen LogP contribution in [-0.2, 0) is 10.0 Å². The van der Waals surface area contributed by atoms with Crippen LogP contribution in [0, 0.1) is 11.8 Å². The molecule has 0 aromatic heterocycles. The second-order valence-corrected chi connectivity index (χ2v) is 8.19. The molecule has 116 valence electrons. The Hall–Kier alpha value is -0.920. The Labute approximate surface area is 133 Å². The monoisotopic (exact) mass is 374 g/mol. The van der Waals surface area contributed by atoms with Gasteiger partial charge in [-0.25, -0.2) is 13.6 Å². The van der Waals surface area contributed by atoms with E-state index in [-0.39, 0.29) is 10.8 Å². The summed E-state index contributed by atoms with van der Waals surface area (Å²) in [6.45, 7) is 2.84. The molecule has 0 aliphatic heterocycles. The fourth-order valence-corrected chi connectivity index (χ4v) is 3.93. The highest BCUT2D eigenvalue weighted by molar-refractivity contribution is 9.10. The molecule has 2 atom stereocenters. The van der Waals surface area contributed by atoms with E-state index in [1.807, 2.05) is 0 Å². The highest BCUT2D eigenvalue weighted by atomic mass is 79.9. The van der Waals surface area contributed by atoms with Crippen molar-refractivity contribution >= 4 is 31.9 Å². The van der Waals surface area contributed by atoms with E-state index >= 15 is 0 Å². The lowest BCUT2D eigenvalue weighted by molar-refractivity contribution is 0.0947. The van der Waals surface area contributed by atoms with Crippen LogP contribution in [0.15, 0.2) is 27.6 Å². The van der Waals surface area contributed by atoms with E-state index in [1.54, 1.807) is 6.07 Å². The lowest BCUT2D eigenvalue weighted by Crippen LogP contribution is -2.28. The lowest BCUT2D eigenvalue weighted by atomic mass is 10.1. The Morgan fingerprint density at radius 3 is 2.67 bits per heavy atom. The molecule has 1 aliphatic carbocycles. The maximum Gasteiger partial charge on any atom is 0.251 e. The molecule has 0 heterocycles. The molecule has 5 nitrogen and oxygen atoms in total. The van der Waals surface area contributed by atoms with Crippen LogP contribution < -0.4 is 10.5 Å². The summed E-state index contributed by atoms with van der Waals surface area (Å²) in [4.78, 5) is 12.1. The fourth-order valence-electron chi connectivity index (χ4n) is 2.71. The zero-order chi connectivity index (χ0) is 15.6. The van der Waals surface area contributed by atoms with Crippen LogP contribution in [-0.4, -0.2) is 20.9 Å². The molecule has 0 spiro atoms. The minimum Gasteiger partial charge on any atom is -0.352 e. The average Bonchev–Trinajstić information content (AvgIpc) is 2.80. The number of hydrogen-bond acceptors (Lipinski definition) is 3. The first-order valence-electron chi connectivity index (χ1n) is 6.87. The third kappa shape index (κ3) is 4.52. The van der Waals surface area contributed by atoms with Gasteiger partial charge in [-0.3, -0.25) is 4.79 Å².